The van der Waals surface area contributed by atoms with Gasteiger partial charge in [-0.05, 0) is 57.0 Å². The van der Waals surface area contributed by atoms with Gasteiger partial charge >= 0.3 is 0 Å². The Morgan fingerprint density at radius 2 is 1.71 bits per heavy atom. The number of hydrogen-bond acceptors (Lipinski definition) is 3. The summed E-state index contributed by atoms with van der Waals surface area (Å²) in [5, 5.41) is 0.895. The summed E-state index contributed by atoms with van der Waals surface area (Å²) in [6.45, 7) is 9.45. The molecule has 4 nitrogen and oxygen atoms in total. The lowest BCUT2D eigenvalue weighted by molar-refractivity contribution is -0.0585. The van der Waals surface area contributed by atoms with Gasteiger partial charge in [0.15, 0.2) is 0 Å². The summed E-state index contributed by atoms with van der Waals surface area (Å²) in [6, 6.07) is 16.1. The maximum atomic E-state index is 13.5. The van der Waals surface area contributed by atoms with E-state index < -0.39 is 0 Å². The van der Waals surface area contributed by atoms with Crippen LogP contribution in [0.15, 0.2) is 48.5 Å². The number of para-hydroxylation sites is 1. The van der Waals surface area contributed by atoms with E-state index >= 15 is 0 Å². The van der Waals surface area contributed by atoms with Gasteiger partial charge in [0.1, 0.15) is 0 Å². The second kappa shape index (κ2) is 7.36. The summed E-state index contributed by atoms with van der Waals surface area (Å²) < 4.78 is 5.80. The fraction of sp³-hybridized carbons (Fsp3) is 0.333. The Hall–Kier alpha value is -2.72. The molecule has 0 N–H and O–H groups in total. The summed E-state index contributed by atoms with van der Waals surface area (Å²) >= 11 is 0. The Kier molecular flexibility index (Phi) is 4.90. The number of benzene rings is 2. The minimum Gasteiger partial charge on any atom is -0.372 e. The number of amides is 1. The molecule has 28 heavy (non-hydrogen) atoms. The minimum atomic E-state index is 0.0417. The Balaban J connectivity index is 1.82. The van der Waals surface area contributed by atoms with Crippen molar-refractivity contribution >= 4 is 16.8 Å². The molecule has 1 amide bonds. The van der Waals surface area contributed by atoms with Gasteiger partial charge in [-0.2, -0.15) is 0 Å². The quantitative estimate of drug-likeness (QED) is 0.649. The highest BCUT2D eigenvalue weighted by molar-refractivity contribution is 6.07. The van der Waals surface area contributed by atoms with E-state index in [-0.39, 0.29) is 18.1 Å². The van der Waals surface area contributed by atoms with Gasteiger partial charge in [-0.15, -0.1) is 0 Å². The first kappa shape index (κ1) is 18.6. The zero-order chi connectivity index (χ0) is 19.8. The number of fused-ring (bicyclic) bond motifs is 1. The third-order valence-electron chi connectivity index (χ3n) is 5.46. The molecule has 144 valence electrons. The monoisotopic (exact) mass is 374 g/mol. The maximum absolute atomic E-state index is 13.5. The largest absolute Gasteiger partial charge is 0.372 e. The topological polar surface area (TPSA) is 42.4 Å². The van der Waals surface area contributed by atoms with Crippen molar-refractivity contribution in [3.05, 3.63) is 65.2 Å². The van der Waals surface area contributed by atoms with Gasteiger partial charge in [0, 0.05) is 24.0 Å². The van der Waals surface area contributed by atoms with E-state index in [1.165, 1.54) is 11.1 Å². The molecule has 0 bridgehead atoms. The second-order valence-corrected chi connectivity index (χ2v) is 7.84. The molecule has 0 unspecified atom stereocenters. The summed E-state index contributed by atoms with van der Waals surface area (Å²) in [7, 11) is 0. The first-order chi connectivity index (χ1) is 13.4. The second-order valence-electron chi connectivity index (χ2n) is 7.84. The van der Waals surface area contributed by atoms with E-state index in [0.29, 0.717) is 18.7 Å². The molecule has 1 aliphatic heterocycles. The van der Waals surface area contributed by atoms with Crippen LogP contribution in [0.5, 0.6) is 0 Å². The van der Waals surface area contributed by atoms with Crippen molar-refractivity contribution < 1.29 is 9.53 Å². The number of carbonyl (C=O) groups is 1. The Morgan fingerprint density at radius 1 is 1.00 bits per heavy atom. The van der Waals surface area contributed by atoms with Crippen LogP contribution in [0.25, 0.3) is 22.2 Å². The Morgan fingerprint density at radius 3 is 2.43 bits per heavy atom. The molecule has 3 aromatic rings. The van der Waals surface area contributed by atoms with Crippen molar-refractivity contribution in [3.63, 3.8) is 0 Å². The smallest absolute Gasteiger partial charge is 0.254 e. The van der Waals surface area contributed by atoms with Gasteiger partial charge in [0.25, 0.3) is 5.91 Å². The molecule has 0 radical (unpaired) electrons. The van der Waals surface area contributed by atoms with Crippen molar-refractivity contribution in [1.82, 2.24) is 9.88 Å². The van der Waals surface area contributed by atoms with Crippen LogP contribution in [0.4, 0.5) is 0 Å². The predicted molar refractivity (Wildman–Crippen MR) is 113 cm³/mol. The lowest BCUT2D eigenvalue weighted by Crippen LogP contribution is -2.48. The van der Waals surface area contributed by atoms with Crippen LogP contribution in [0.1, 0.15) is 35.3 Å². The van der Waals surface area contributed by atoms with E-state index in [1.807, 2.05) is 49.1 Å². The number of pyridine rings is 1. The van der Waals surface area contributed by atoms with Crippen molar-refractivity contribution in [1.29, 1.82) is 0 Å². The average Bonchev–Trinajstić information content (AvgIpc) is 2.68. The Labute approximate surface area is 166 Å². The van der Waals surface area contributed by atoms with Gasteiger partial charge in [-0.1, -0.05) is 30.3 Å². The third-order valence-corrected chi connectivity index (χ3v) is 5.46. The third kappa shape index (κ3) is 3.52. The number of carbonyl (C=O) groups excluding carboxylic acids is 1. The fourth-order valence-corrected chi connectivity index (χ4v) is 3.92. The summed E-state index contributed by atoms with van der Waals surface area (Å²) in [5.74, 6) is 0.0469. The number of aromatic nitrogens is 1. The zero-order valence-corrected chi connectivity index (χ0v) is 16.9. The predicted octanol–water partition coefficient (Wildman–Crippen LogP) is 4.77. The van der Waals surface area contributed by atoms with Crippen molar-refractivity contribution in [2.24, 2.45) is 0 Å². The molecule has 1 aromatic heterocycles. The number of aryl methyl sites for hydroxylation is 2. The summed E-state index contributed by atoms with van der Waals surface area (Å²) in [5.41, 5.74) is 5.88. The number of hydrogen-bond donors (Lipinski definition) is 0. The number of ether oxygens (including phenoxy) is 1. The summed E-state index contributed by atoms with van der Waals surface area (Å²) in [6.07, 6.45) is 0.0834. The highest BCUT2D eigenvalue weighted by Crippen LogP contribution is 2.28. The molecule has 1 aliphatic rings. The number of rotatable bonds is 2. The van der Waals surface area contributed by atoms with E-state index in [1.54, 1.807) is 0 Å². The maximum Gasteiger partial charge on any atom is 0.254 e. The van der Waals surface area contributed by atoms with Gasteiger partial charge < -0.3 is 9.64 Å². The van der Waals surface area contributed by atoms with E-state index in [0.717, 1.165) is 22.2 Å². The van der Waals surface area contributed by atoms with Crippen LogP contribution in [-0.2, 0) is 4.74 Å². The highest BCUT2D eigenvalue weighted by Gasteiger charge is 2.28. The van der Waals surface area contributed by atoms with Gasteiger partial charge in [-0.3, -0.25) is 4.79 Å². The van der Waals surface area contributed by atoms with E-state index in [4.69, 9.17) is 9.72 Å². The van der Waals surface area contributed by atoms with E-state index in [9.17, 15) is 4.79 Å². The fourth-order valence-electron chi connectivity index (χ4n) is 3.92. The minimum absolute atomic E-state index is 0.0417. The van der Waals surface area contributed by atoms with Crippen molar-refractivity contribution in [2.45, 2.75) is 39.9 Å². The zero-order valence-electron chi connectivity index (χ0n) is 16.9. The average molecular weight is 374 g/mol. The molecule has 4 heteroatoms. The summed E-state index contributed by atoms with van der Waals surface area (Å²) in [4.78, 5) is 20.2. The molecule has 2 aromatic carbocycles. The molecule has 2 heterocycles. The normalized spacial score (nSPS) is 19.8. The standard InChI is InChI=1S/C24H26N2O2/c1-15-9-10-19(11-16(15)2)23-12-21(20-7-5-6-8-22(20)25-23)24(27)26-13-17(3)28-18(4)14-26/h5-12,17-18H,13-14H2,1-4H3/t17-,18-/m0/s1. The highest BCUT2D eigenvalue weighted by atomic mass is 16.5. The number of nitrogens with zero attached hydrogens (tertiary/aromatic N) is 2. The first-order valence-corrected chi connectivity index (χ1v) is 9.84. The molecular weight excluding hydrogens is 348 g/mol. The molecule has 0 spiro atoms. The van der Waals surface area contributed by atoms with Crippen LogP contribution in [0.3, 0.4) is 0 Å². The van der Waals surface area contributed by atoms with Gasteiger partial charge in [0.2, 0.25) is 0 Å². The van der Waals surface area contributed by atoms with Crippen molar-refractivity contribution in [2.75, 3.05) is 13.1 Å². The van der Waals surface area contributed by atoms with Crippen LogP contribution >= 0.6 is 0 Å². The van der Waals surface area contributed by atoms with Gasteiger partial charge in [-0.25, -0.2) is 4.98 Å². The first-order valence-electron chi connectivity index (χ1n) is 9.84. The Bertz CT molecular complexity index is 1030. The van der Waals surface area contributed by atoms with Crippen molar-refractivity contribution in [3.8, 4) is 11.3 Å². The van der Waals surface area contributed by atoms with Gasteiger partial charge in [0.05, 0.1) is 29.0 Å². The molecule has 1 fully saturated rings. The van der Waals surface area contributed by atoms with E-state index in [2.05, 4.69) is 32.0 Å². The lowest BCUT2D eigenvalue weighted by atomic mass is 10.00. The molecule has 1 saturated heterocycles. The van der Waals surface area contributed by atoms with Crippen LogP contribution in [0.2, 0.25) is 0 Å². The molecule has 4 rings (SSSR count). The van der Waals surface area contributed by atoms with Crippen LogP contribution in [-0.4, -0.2) is 41.1 Å². The SMILES string of the molecule is Cc1ccc(-c2cc(C(=O)N3C[C@H](C)O[C@@H](C)C3)c3ccccc3n2)cc1C. The molecule has 0 saturated carbocycles. The number of morpholine rings is 1. The van der Waals surface area contributed by atoms with Crippen LogP contribution < -0.4 is 0 Å². The molecule has 0 aliphatic carbocycles. The molecule has 2 atom stereocenters. The molecular formula is C24H26N2O2. The lowest BCUT2D eigenvalue weighted by Gasteiger charge is -2.35. The van der Waals surface area contributed by atoms with Crippen LogP contribution in [0, 0.1) is 13.8 Å².